The Morgan fingerprint density at radius 3 is 2.62 bits per heavy atom. The summed E-state index contributed by atoms with van der Waals surface area (Å²) >= 11 is 4.63. The van der Waals surface area contributed by atoms with Crippen molar-refractivity contribution in [1.82, 2.24) is 10.2 Å². The molecule has 0 saturated carbocycles. The quantitative estimate of drug-likeness (QED) is 0.314. The van der Waals surface area contributed by atoms with E-state index >= 15 is 0 Å². The summed E-state index contributed by atoms with van der Waals surface area (Å²) in [6.07, 6.45) is 0.765. The Bertz CT molecular complexity index is 1280. The Hall–Kier alpha value is -3.04. The number of aliphatic hydroxyl groups is 1. The van der Waals surface area contributed by atoms with E-state index < -0.39 is 17.7 Å². The van der Waals surface area contributed by atoms with Crippen LogP contribution >= 0.6 is 27.3 Å². The molecular weight excluding hydrogens is 494 g/mol. The normalized spacial score (nSPS) is 21.7. The van der Waals surface area contributed by atoms with Crippen molar-refractivity contribution < 1.29 is 19.4 Å². The molecule has 2 atom stereocenters. The summed E-state index contributed by atoms with van der Waals surface area (Å²) in [5, 5.41) is 20.3. The van der Waals surface area contributed by atoms with Gasteiger partial charge in [0, 0.05) is 16.5 Å². The van der Waals surface area contributed by atoms with E-state index in [2.05, 4.69) is 26.1 Å². The predicted octanol–water partition coefficient (Wildman–Crippen LogP) is 4.56. The summed E-state index contributed by atoms with van der Waals surface area (Å²) < 4.78 is 6.60. The molecule has 162 valence electrons. The lowest BCUT2D eigenvalue weighted by Crippen LogP contribution is -2.29. The number of Topliss-reactive ketones (excluding diaryl/α,β-unsaturated/α-hetero) is 1. The number of amides is 1. The van der Waals surface area contributed by atoms with Crippen molar-refractivity contribution in [3.8, 4) is 5.75 Å². The highest BCUT2D eigenvalue weighted by Crippen LogP contribution is 2.43. The molecule has 0 spiro atoms. The Balaban J connectivity index is 1.68. The minimum atomic E-state index is -0.820. The third-order valence-corrected chi connectivity index (χ3v) is 6.89. The summed E-state index contributed by atoms with van der Waals surface area (Å²) in [7, 11) is 0. The van der Waals surface area contributed by atoms with Crippen LogP contribution in [0.2, 0.25) is 0 Å². The van der Waals surface area contributed by atoms with Crippen LogP contribution in [0.15, 0.2) is 52.5 Å². The molecule has 0 radical (unpaired) electrons. The van der Waals surface area contributed by atoms with Gasteiger partial charge >= 0.3 is 5.91 Å². The van der Waals surface area contributed by atoms with Crippen molar-refractivity contribution in [2.45, 2.75) is 32.4 Å². The van der Waals surface area contributed by atoms with Gasteiger partial charge in [0.2, 0.25) is 5.13 Å². The van der Waals surface area contributed by atoms with Crippen molar-refractivity contribution in [2.75, 3.05) is 4.90 Å². The van der Waals surface area contributed by atoms with Gasteiger partial charge in [0.15, 0.2) is 0 Å². The number of aliphatic hydroxyl groups excluding tert-OH is 1. The molecule has 2 aliphatic rings. The van der Waals surface area contributed by atoms with Gasteiger partial charge < -0.3 is 9.84 Å². The van der Waals surface area contributed by atoms with Gasteiger partial charge in [-0.05, 0) is 55.3 Å². The summed E-state index contributed by atoms with van der Waals surface area (Å²) in [5.74, 6) is -0.951. The molecule has 1 fully saturated rings. The topological polar surface area (TPSA) is 92.6 Å². The average Bonchev–Trinajstić information content (AvgIpc) is 3.43. The van der Waals surface area contributed by atoms with E-state index in [0.717, 1.165) is 15.8 Å². The number of anilines is 1. The van der Waals surface area contributed by atoms with Gasteiger partial charge in [-0.1, -0.05) is 39.4 Å². The first-order valence-electron chi connectivity index (χ1n) is 10.00. The predicted molar refractivity (Wildman–Crippen MR) is 124 cm³/mol. The maximum atomic E-state index is 13.2. The van der Waals surface area contributed by atoms with Gasteiger partial charge in [-0.2, -0.15) is 0 Å². The fourth-order valence-corrected chi connectivity index (χ4v) is 5.08. The molecule has 3 aromatic rings. The minimum absolute atomic E-state index is 0.0251. The number of aromatic nitrogens is 2. The van der Waals surface area contributed by atoms with Crippen LogP contribution in [-0.2, 0) is 16.0 Å². The number of carbonyl (C=O) groups is 2. The molecule has 2 aromatic carbocycles. The zero-order chi connectivity index (χ0) is 22.6. The summed E-state index contributed by atoms with van der Waals surface area (Å²) in [5.41, 5.74) is 2.13. The fraction of sp³-hybridized carbons (Fsp3) is 0.217. The van der Waals surface area contributed by atoms with Gasteiger partial charge in [-0.15, -0.1) is 10.2 Å². The monoisotopic (exact) mass is 511 g/mol. The number of aryl methyl sites for hydroxylation is 1. The first kappa shape index (κ1) is 20.8. The smallest absolute Gasteiger partial charge is 0.301 e. The van der Waals surface area contributed by atoms with E-state index in [1.54, 1.807) is 19.1 Å². The summed E-state index contributed by atoms with van der Waals surface area (Å²) in [6, 6.07) is 11.8. The summed E-state index contributed by atoms with van der Waals surface area (Å²) in [4.78, 5) is 27.6. The maximum absolute atomic E-state index is 13.2. The second-order valence-electron chi connectivity index (χ2n) is 7.78. The number of rotatable bonds is 3. The van der Waals surface area contributed by atoms with Crippen molar-refractivity contribution >= 4 is 49.8 Å². The number of ether oxygens (including phenoxy) is 1. The molecule has 9 heteroatoms. The maximum Gasteiger partial charge on any atom is 0.301 e. The third-order valence-electron chi connectivity index (χ3n) is 5.52. The molecule has 32 heavy (non-hydrogen) atoms. The lowest BCUT2D eigenvalue weighted by molar-refractivity contribution is -0.132. The van der Waals surface area contributed by atoms with Gasteiger partial charge in [-0.25, -0.2) is 0 Å². The largest absolute Gasteiger partial charge is 0.507 e. The van der Waals surface area contributed by atoms with Crippen LogP contribution in [0.25, 0.3) is 5.76 Å². The molecule has 1 saturated heterocycles. The van der Waals surface area contributed by atoms with Crippen molar-refractivity contribution in [2.24, 2.45) is 0 Å². The van der Waals surface area contributed by atoms with Crippen LogP contribution in [0.3, 0.4) is 0 Å². The number of ketones is 1. The van der Waals surface area contributed by atoms with Crippen LogP contribution in [0, 0.1) is 6.92 Å². The zero-order valence-corrected chi connectivity index (χ0v) is 19.6. The van der Waals surface area contributed by atoms with Gasteiger partial charge in [0.05, 0.1) is 11.6 Å². The molecule has 7 nitrogen and oxygen atoms in total. The number of hydrogen-bond acceptors (Lipinski definition) is 7. The molecule has 0 unspecified atom stereocenters. The first-order valence-corrected chi connectivity index (χ1v) is 11.6. The second kappa shape index (κ2) is 7.83. The van der Waals surface area contributed by atoms with E-state index in [9.17, 15) is 14.7 Å². The van der Waals surface area contributed by atoms with Crippen LogP contribution < -0.4 is 9.64 Å². The van der Waals surface area contributed by atoms with Gasteiger partial charge in [0.25, 0.3) is 5.78 Å². The zero-order valence-electron chi connectivity index (χ0n) is 17.2. The molecule has 5 rings (SSSR count). The Kier molecular flexibility index (Phi) is 5.10. The molecule has 1 N–H and O–H groups in total. The molecule has 1 aromatic heterocycles. The van der Waals surface area contributed by atoms with Crippen molar-refractivity contribution in [3.63, 3.8) is 0 Å². The van der Waals surface area contributed by atoms with E-state index in [-0.39, 0.29) is 17.4 Å². The number of hydrogen-bond donors (Lipinski definition) is 1. The standard InChI is InChI=1S/C23H18BrN3O4S/c1-11-9-15-10-14(5-8-17(15)31-11)20(28)18-19(13-3-6-16(24)7-4-13)27(22(30)21(18)29)23-26-25-12(2)32-23/h3-8,10-11,19,28H,9H2,1-2H3/b20-18+/t11-,19+/m0/s1. The third kappa shape index (κ3) is 3.41. The van der Waals surface area contributed by atoms with E-state index in [4.69, 9.17) is 4.74 Å². The SMILES string of the molecule is Cc1nnc(N2C(=O)C(=O)/C(=C(/O)c3ccc4c(c3)C[C@H](C)O4)[C@H]2c2ccc(Br)cc2)s1. The highest BCUT2D eigenvalue weighted by Gasteiger charge is 2.48. The van der Waals surface area contributed by atoms with Gasteiger partial charge in [0.1, 0.15) is 22.6 Å². The lowest BCUT2D eigenvalue weighted by atomic mass is 9.94. The second-order valence-corrected chi connectivity index (χ2v) is 9.86. The number of fused-ring (bicyclic) bond motifs is 1. The van der Waals surface area contributed by atoms with E-state index in [0.29, 0.717) is 27.7 Å². The van der Waals surface area contributed by atoms with Crippen LogP contribution in [-0.4, -0.2) is 33.1 Å². The highest BCUT2D eigenvalue weighted by atomic mass is 79.9. The van der Waals surface area contributed by atoms with Crippen molar-refractivity contribution in [3.05, 3.63) is 74.2 Å². The highest BCUT2D eigenvalue weighted by molar-refractivity contribution is 9.10. The lowest BCUT2D eigenvalue weighted by Gasteiger charge is -2.22. The first-order chi connectivity index (χ1) is 15.3. The van der Waals surface area contributed by atoms with E-state index in [1.807, 2.05) is 37.3 Å². The molecule has 0 bridgehead atoms. The van der Waals surface area contributed by atoms with Crippen LogP contribution in [0.5, 0.6) is 5.75 Å². The Morgan fingerprint density at radius 1 is 1.19 bits per heavy atom. The Morgan fingerprint density at radius 2 is 1.94 bits per heavy atom. The molecule has 1 amide bonds. The average molecular weight is 512 g/mol. The minimum Gasteiger partial charge on any atom is -0.507 e. The fourth-order valence-electron chi connectivity index (χ4n) is 4.10. The Labute approximate surface area is 196 Å². The van der Waals surface area contributed by atoms with Crippen LogP contribution in [0.1, 0.15) is 34.7 Å². The number of benzene rings is 2. The molecule has 0 aliphatic carbocycles. The number of nitrogens with zero attached hydrogens (tertiary/aromatic N) is 3. The van der Waals surface area contributed by atoms with E-state index in [1.165, 1.54) is 16.2 Å². The van der Waals surface area contributed by atoms with Crippen LogP contribution in [0.4, 0.5) is 5.13 Å². The molecule has 2 aliphatic heterocycles. The molecular formula is C23H18BrN3O4S. The number of carbonyl (C=O) groups excluding carboxylic acids is 2. The summed E-state index contributed by atoms with van der Waals surface area (Å²) in [6.45, 7) is 3.75. The van der Waals surface area contributed by atoms with Crippen molar-refractivity contribution in [1.29, 1.82) is 0 Å². The van der Waals surface area contributed by atoms with Gasteiger partial charge in [-0.3, -0.25) is 14.5 Å². The number of halogens is 1. The molecule has 3 heterocycles.